The molecule has 2 aliphatic rings. The molecule has 2 saturated heterocycles. The van der Waals surface area contributed by atoms with Crippen LogP contribution in [-0.4, -0.2) is 83.7 Å². The average molecular weight is 567 g/mol. The number of halogens is 1. The van der Waals surface area contributed by atoms with Crippen molar-refractivity contribution in [3.05, 3.63) is 66.2 Å². The largest absolute Gasteiger partial charge is 0.444 e. The Morgan fingerprint density at radius 3 is 2.10 bits per heavy atom. The molecular formula is C32H43FN4O4. The molecular weight excluding hydrogens is 523 g/mol. The van der Waals surface area contributed by atoms with Crippen LogP contribution in [0.3, 0.4) is 0 Å². The number of anilines is 1. The van der Waals surface area contributed by atoms with Gasteiger partial charge in [0.15, 0.2) is 0 Å². The van der Waals surface area contributed by atoms with Gasteiger partial charge >= 0.3 is 6.09 Å². The van der Waals surface area contributed by atoms with Crippen LogP contribution in [0.25, 0.3) is 0 Å². The molecule has 0 atom stereocenters. The highest BCUT2D eigenvalue weighted by molar-refractivity contribution is 5.78. The lowest BCUT2D eigenvalue weighted by Crippen LogP contribution is -2.60. The van der Waals surface area contributed by atoms with Gasteiger partial charge < -0.3 is 24.2 Å². The van der Waals surface area contributed by atoms with E-state index in [1.54, 1.807) is 14.7 Å². The molecule has 0 bridgehead atoms. The van der Waals surface area contributed by atoms with Crippen LogP contribution in [-0.2, 0) is 20.7 Å². The first-order valence-electron chi connectivity index (χ1n) is 14.6. The summed E-state index contributed by atoms with van der Waals surface area (Å²) >= 11 is 0. The van der Waals surface area contributed by atoms with Crippen molar-refractivity contribution in [1.29, 1.82) is 0 Å². The lowest BCUT2D eigenvalue weighted by molar-refractivity contribution is -0.138. The highest BCUT2D eigenvalue weighted by Gasteiger charge is 2.43. The Morgan fingerprint density at radius 2 is 1.54 bits per heavy atom. The maximum absolute atomic E-state index is 15.5. The van der Waals surface area contributed by atoms with Gasteiger partial charge in [0, 0.05) is 31.9 Å². The molecule has 0 unspecified atom stereocenters. The highest BCUT2D eigenvalue weighted by atomic mass is 19.2. The molecule has 0 N–H and O–H groups in total. The van der Waals surface area contributed by atoms with Crippen molar-refractivity contribution in [1.82, 2.24) is 14.9 Å². The molecule has 4 rings (SSSR count). The third-order valence-corrected chi connectivity index (χ3v) is 8.04. The lowest BCUT2D eigenvalue weighted by atomic mass is 9.86. The number of hydrogen-bond donors (Lipinski definition) is 0. The minimum Gasteiger partial charge on any atom is -0.444 e. The van der Waals surface area contributed by atoms with E-state index in [0.29, 0.717) is 55.7 Å². The van der Waals surface area contributed by atoms with Gasteiger partial charge in [-0.05, 0) is 76.5 Å². The zero-order valence-electron chi connectivity index (χ0n) is 24.5. The number of likely N-dealkylation sites (tertiary alicyclic amines) is 2. The molecule has 8 nitrogen and oxygen atoms in total. The van der Waals surface area contributed by atoms with E-state index >= 15 is 4.48 Å². The van der Waals surface area contributed by atoms with Crippen molar-refractivity contribution in [2.45, 2.75) is 64.0 Å². The Bertz CT molecular complexity index is 1140. The topological polar surface area (TPSA) is 73.4 Å². The molecule has 0 aliphatic carbocycles. The summed E-state index contributed by atoms with van der Waals surface area (Å²) in [6.45, 7) is 6.65. The Morgan fingerprint density at radius 1 is 0.951 bits per heavy atom. The fourth-order valence-corrected chi connectivity index (χ4v) is 5.73. The zero-order chi connectivity index (χ0) is 29.5. The SMILES string of the molecule is CC(C)(C)OC(=O)N1CCC(C=O)(N(CN(F)CC(=O)N2CCC(Cc3ccccc3)CC2)c2ccccc2)CC1. The number of nitrogens with zero attached hydrogens (tertiary/aromatic N) is 4. The summed E-state index contributed by atoms with van der Waals surface area (Å²) in [7, 11) is 0. The van der Waals surface area contributed by atoms with E-state index < -0.39 is 17.2 Å². The standard InChI is InChI=1S/C32H43FN4O4/c1-31(2,3)41-30(40)35-20-16-32(24-38,17-21-35)37(28-12-8-5-9-13-28)25-36(33)23-29(39)34-18-14-27(15-19-34)22-26-10-6-4-7-11-26/h4-13,24,27H,14-23,25H2,1-3H3. The van der Waals surface area contributed by atoms with Gasteiger partial charge in [0.25, 0.3) is 0 Å². The summed E-state index contributed by atoms with van der Waals surface area (Å²) in [6, 6.07) is 19.6. The number of amides is 2. The second-order valence-corrected chi connectivity index (χ2v) is 12.2. The second kappa shape index (κ2) is 13.5. The van der Waals surface area contributed by atoms with Crippen molar-refractivity contribution in [2.75, 3.05) is 44.3 Å². The normalized spacial score (nSPS) is 17.8. The van der Waals surface area contributed by atoms with Gasteiger partial charge in [-0.15, -0.1) is 9.60 Å². The van der Waals surface area contributed by atoms with E-state index in [9.17, 15) is 14.4 Å². The van der Waals surface area contributed by atoms with Gasteiger partial charge in [-0.2, -0.15) is 0 Å². The summed E-state index contributed by atoms with van der Waals surface area (Å²) in [4.78, 5) is 43.3. The molecule has 2 aromatic rings. The van der Waals surface area contributed by atoms with E-state index in [4.69, 9.17) is 4.74 Å². The van der Waals surface area contributed by atoms with Gasteiger partial charge in [0.1, 0.15) is 30.6 Å². The summed E-state index contributed by atoms with van der Waals surface area (Å²) in [5.41, 5.74) is 0.338. The van der Waals surface area contributed by atoms with E-state index in [2.05, 4.69) is 12.1 Å². The van der Waals surface area contributed by atoms with E-state index in [1.807, 2.05) is 69.3 Å². The van der Waals surface area contributed by atoms with Gasteiger partial charge in [0.2, 0.25) is 5.91 Å². The first-order chi connectivity index (χ1) is 19.6. The van der Waals surface area contributed by atoms with Gasteiger partial charge in [0.05, 0.1) is 0 Å². The van der Waals surface area contributed by atoms with Gasteiger partial charge in [-0.1, -0.05) is 48.5 Å². The third-order valence-electron chi connectivity index (χ3n) is 8.04. The van der Waals surface area contributed by atoms with Crippen LogP contribution in [0.4, 0.5) is 15.0 Å². The van der Waals surface area contributed by atoms with Crippen molar-refractivity contribution in [3.63, 3.8) is 0 Å². The van der Waals surface area contributed by atoms with Gasteiger partial charge in [-0.3, -0.25) is 4.79 Å². The van der Waals surface area contributed by atoms with Crippen LogP contribution >= 0.6 is 0 Å². The number of rotatable bonds is 9. The minimum atomic E-state index is -1.02. The van der Waals surface area contributed by atoms with Crippen LogP contribution in [0.2, 0.25) is 0 Å². The smallest absolute Gasteiger partial charge is 0.410 e. The minimum absolute atomic E-state index is 0.245. The van der Waals surface area contributed by atoms with Crippen LogP contribution in [0.5, 0.6) is 0 Å². The first-order valence-corrected chi connectivity index (χ1v) is 14.6. The predicted molar refractivity (Wildman–Crippen MR) is 157 cm³/mol. The fourth-order valence-electron chi connectivity index (χ4n) is 5.73. The number of piperidine rings is 2. The van der Waals surface area contributed by atoms with Crippen molar-refractivity contribution in [2.24, 2.45) is 5.92 Å². The van der Waals surface area contributed by atoms with Crippen molar-refractivity contribution < 1.29 is 23.6 Å². The third kappa shape index (κ3) is 8.28. The highest BCUT2D eigenvalue weighted by Crippen LogP contribution is 2.33. The molecule has 2 amide bonds. The Hall–Kier alpha value is -3.46. The number of benzene rings is 2. The number of carbonyl (C=O) groups is 3. The molecule has 0 radical (unpaired) electrons. The first kappa shape index (κ1) is 30.5. The fraction of sp³-hybridized carbons (Fsp3) is 0.531. The summed E-state index contributed by atoms with van der Waals surface area (Å²) in [5.74, 6) is 0.258. The van der Waals surface area contributed by atoms with Crippen molar-refractivity contribution >= 4 is 24.0 Å². The van der Waals surface area contributed by atoms with Crippen LogP contribution in [0.1, 0.15) is 52.0 Å². The van der Waals surface area contributed by atoms with Crippen LogP contribution < -0.4 is 4.90 Å². The molecule has 2 fully saturated rings. The predicted octanol–water partition coefficient (Wildman–Crippen LogP) is 5.09. The van der Waals surface area contributed by atoms with E-state index in [0.717, 1.165) is 25.5 Å². The molecule has 0 saturated carbocycles. The number of hydrogen-bond acceptors (Lipinski definition) is 6. The quantitative estimate of drug-likeness (QED) is 0.239. The summed E-state index contributed by atoms with van der Waals surface area (Å²) in [5, 5.41) is 0.497. The molecule has 0 aromatic heterocycles. The number of para-hydroxylation sites is 1. The van der Waals surface area contributed by atoms with E-state index in [1.165, 1.54) is 5.56 Å². The summed E-state index contributed by atoms with van der Waals surface area (Å²) < 4.78 is 21.0. The van der Waals surface area contributed by atoms with Gasteiger partial charge in [-0.25, -0.2) is 4.79 Å². The Kier molecular flexibility index (Phi) is 10.0. The van der Waals surface area contributed by atoms with Crippen LogP contribution in [0.15, 0.2) is 60.7 Å². The molecule has 9 heteroatoms. The molecule has 0 spiro atoms. The Balaban J connectivity index is 1.36. The molecule has 2 aliphatic heterocycles. The zero-order valence-corrected chi connectivity index (χ0v) is 24.5. The molecule has 2 aromatic carbocycles. The maximum atomic E-state index is 15.5. The lowest BCUT2D eigenvalue weighted by Gasteiger charge is -2.47. The molecule has 2 heterocycles. The number of aldehydes is 1. The van der Waals surface area contributed by atoms with Crippen molar-refractivity contribution in [3.8, 4) is 0 Å². The second-order valence-electron chi connectivity index (χ2n) is 12.2. The summed E-state index contributed by atoms with van der Waals surface area (Å²) in [6.07, 6.45) is 3.86. The number of ether oxygens (including phenoxy) is 1. The Labute approximate surface area is 243 Å². The number of carbonyl (C=O) groups excluding carboxylic acids is 3. The molecule has 222 valence electrons. The average Bonchev–Trinajstić information content (AvgIpc) is 2.96. The maximum Gasteiger partial charge on any atom is 0.410 e. The molecule has 41 heavy (non-hydrogen) atoms. The van der Waals surface area contributed by atoms with E-state index in [-0.39, 0.29) is 19.1 Å². The van der Waals surface area contributed by atoms with Crippen LogP contribution in [0, 0.1) is 5.92 Å². The monoisotopic (exact) mass is 566 g/mol.